The number of carboxylic acid groups (broad SMARTS) is 1. The molecule has 0 spiro atoms. The number of carboxylic acids is 1. The molecule has 28 heavy (non-hydrogen) atoms. The van der Waals surface area contributed by atoms with Crippen LogP contribution in [-0.4, -0.2) is 12.1 Å². The molecule has 3 aromatic carbocycles. The molecular weight excluding hydrogens is 397 g/mol. The fourth-order valence-electron chi connectivity index (χ4n) is 2.48. The standard InChI is InChI=1S/C20H14ClF3O4/c1-11(19(25)26)27-15-5-2-13-9-16(6-3-12(13)8-15)28-18-7-4-14(10-17(18)21)20(22,23)24/h2-11H,1H3,(H,25,26)/p-1. The molecule has 8 heteroatoms. The molecule has 146 valence electrons. The summed E-state index contributed by atoms with van der Waals surface area (Å²) >= 11 is 5.90. The Labute approximate surface area is 163 Å². The van der Waals surface area contributed by atoms with Gasteiger partial charge in [0.1, 0.15) is 23.4 Å². The van der Waals surface area contributed by atoms with E-state index in [1.807, 2.05) is 0 Å². The first kappa shape index (κ1) is 19.8. The van der Waals surface area contributed by atoms with Crippen molar-refractivity contribution in [1.29, 1.82) is 0 Å². The van der Waals surface area contributed by atoms with Gasteiger partial charge in [0.25, 0.3) is 0 Å². The van der Waals surface area contributed by atoms with Crippen LogP contribution in [0.1, 0.15) is 12.5 Å². The molecule has 1 unspecified atom stereocenters. The van der Waals surface area contributed by atoms with E-state index in [1.165, 1.54) is 6.92 Å². The molecule has 0 saturated carbocycles. The second kappa shape index (κ2) is 7.59. The van der Waals surface area contributed by atoms with E-state index in [9.17, 15) is 23.1 Å². The number of carbonyl (C=O) groups is 1. The maximum Gasteiger partial charge on any atom is 0.416 e. The zero-order chi connectivity index (χ0) is 20.5. The summed E-state index contributed by atoms with van der Waals surface area (Å²) < 4.78 is 49.0. The average molecular weight is 410 g/mol. The Morgan fingerprint density at radius 3 is 2.18 bits per heavy atom. The van der Waals surface area contributed by atoms with E-state index in [0.717, 1.165) is 29.0 Å². The zero-order valence-corrected chi connectivity index (χ0v) is 15.2. The number of rotatable bonds is 5. The Bertz CT molecular complexity index is 1030. The van der Waals surface area contributed by atoms with Gasteiger partial charge in [-0.3, -0.25) is 0 Å². The Balaban J connectivity index is 1.82. The molecule has 0 aliphatic heterocycles. The number of hydrogen-bond donors (Lipinski definition) is 0. The smallest absolute Gasteiger partial charge is 0.416 e. The lowest BCUT2D eigenvalue weighted by Gasteiger charge is -2.16. The number of ether oxygens (including phenoxy) is 2. The quantitative estimate of drug-likeness (QED) is 0.606. The molecule has 0 heterocycles. The van der Waals surface area contributed by atoms with Crippen LogP contribution >= 0.6 is 11.6 Å². The van der Waals surface area contributed by atoms with Gasteiger partial charge in [-0.2, -0.15) is 13.2 Å². The van der Waals surface area contributed by atoms with Gasteiger partial charge in [-0.1, -0.05) is 23.7 Å². The van der Waals surface area contributed by atoms with Gasteiger partial charge in [0, 0.05) is 0 Å². The predicted molar refractivity (Wildman–Crippen MR) is 95.6 cm³/mol. The summed E-state index contributed by atoms with van der Waals surface area (Å²) in [5.74, 6) is -0.483. The van der Waals surface area contributed by atoms with E-state index in [1.54, 1.807) is 36.4 Å². The molecular formula is C20H13ClF3O4-. The molecule has 0 aliphatic carbocycles. The number of carbonyl (C=O) groups excluding carboxylic acids is 1. The van der Waals surface area contributed by atoms with E-state index < -0.39 is 23.8 Å². The van der Waals surface area contributed by atoms with E-state index in [4.69, 9.17) is 21.1 Å². The molecule has 4 nitrogen and oxygen atoms in total. The Hall–Kier alpha value is -2.93. The Kier molecular flexibility index (Phi) is 5.38. The lowest BCUT2D eigenvalue weighted by atomic mass is 10.1. The average Bonchev–Trinajstić information content (AvgIpc) is 2.62. The molecule has 0 radical (unpaired) electrons. The lowest BCUT2D eigenvalue weighted by molar-refractivity contribution is -0.312. The first-order valence-electron chi connectivity index (χ1n) is 8.09. The minimum Gasteiger partial charge on any atom is -0.546 e. The SMILES string of the molecule is CC(Oc1ccc2cc(Oc3ccc(C(F)(F)F)cc3Cl)ccc2c1)C(=O)[O-]. The summed E-state index contributed by atoms with van der Waals surface area (Å²) in [7, 11) is 0. The van der Waals surface area contributed by atoms with Crippen LogP contribution in [0.5, 0.6) is 17.2 Å². The number of halogens is 4. The highest BCUT2D eigenvalue weighted by Gasteiger charge is 2.31. The largest absolute Gasteiger partial charge is 0.546 e. The summed E-state index contributed by atoms with van der Waals surface area (Å²) in [6, 6.07) is 12.8. The third kappa shape index (κ3) is 4.48. The molecule has 1 atom stereocenters. The summed E-state index contributed by atoms with van der Waals surface area (Å²) in [6.07, 6.45) is -5.58. The number of benzene rings is 3. The summed E-state index contributed by atoms with van der Waals surface area (Å²) in [5.41, 5.74) is -0.860. The molecule has 0 bridgehead atoms. The monoisotopic (exact) mass is 409 g/mol. The second-order valence-corrected chi connectivity index (χ2v) is 6.40. The maximum absolute atomic E-state index is 12.7. The number of alkyl halides is 3. The zero-order valence-electron chi connectivity index (χ0n) is 14.4. The first-order valence-corrected chi connectivity index (χ1v) is 8.47. The van der Waals surface area contributed by atoms with Crippen LogP contribution in [0.25, 0.3) is 10.8 Å². The molecule has 0 amide bonds. The van der Waals surface area contributed by atoms with Crippen molar-refractivity contribution in [3.8, 4) is 17.2 Å². The van der Waals surface area contributed by atoms with E-state index in [-0.39, 0.29) is 10.8 Å². The van der Waals surface area contributed by atoms with E-state index in [2.05, 4.69) is 0 Å². The fraction of sp³-hybridized carbons (Fsp3) is 0.150. The van der Waals surface area contributed by atoms with Crippen molar-refractivity contribution < 1.29 is 32.5 Å². The first-order chi connectivity index (χ1) is 13.1. The topological polar surface area (TPSA) is 58.6 Å². The highest BCUT2D eigenvalue weighted by atomic mass is 35.5. The van der Waals surface area contributed by atoms with Gasteiger partial charge in [-0.15, -0.1) is 0 Å². The van der Waals surface area contributed by atoms with Crippen molar-refractivity contribution in [2.24, 2.45) is 0 Å². The van der Waals surface area contributed by atoms with Gasteiger partial charge < -0.3 is 19.4 Å². The minimum atomic E-state index is -4.49. The van der Waals surface area contributed by atoms with Crippen LogP contribution in [-0.2, 0) is 11.0 Å². The number of aliphatic carboxylic acids is 1. The van der Waals surface area contributed by atoms with E-state index in [0.29, 0.717) is 11.5 Å². The van der Waals surface area contributed by atoms with Crippen molar-refractivity contribution in [1.82, 2.24) is 0 Å². The maximum atomic E-state index is 12.7. The molecule has 0 fully saturated rings. The highest BCUT2D eigenvalue weighted by Crippen LogP contribution is 2.37. The van der Waals surface area contributed by atoms with Crippen LogP contribution < -0.4 is 14.6 Å². The Morgan fingerprint density at radius 1 is 1.00 bits per heavy atom. The summed E-state index contributed by atoms with van der Waals surface area (Å²) in [6.45, 7) is 1.37. The van der Waals surface area contributed by atoms with Crippen molar-refractivity contribution in [3.63, 3.8) is 0 Å². The third-order valence-corrected chi connectivity index (χ3v) is 4.21. The molecule has 0 aliphatic rings. The predicted octanol–water partition coefficient (Wildman–Crippen LogP) is 4.82. The molecule has 0 N–H and O–H groups in total. The van der Waals surface area contributed by atoms with E-state index >= 15 is 0 Å². The van der Waals surface area contributed by atoms with Gasteiger partial charge in [0.2, 0.25) is 0 Å². The number of fused-ring (bicyclic) bond motifs is 1. The van der Waals surface area contributed by atoms with Crippen molar-refractivity contribution in [2.45, 2.75) is 19.2 Å². The van der Waals surface area contributed by atoms with Gasteiger partial charge in [0.15, 0.2) is 0 Å². The van der Waals surface area contributed by atoms with Crippen molar-refractivity contribution in [2.75, 3.05) is 0 Å². The van der Waals surface area contributed by atoms with Gasteiger partial charge in [-0.25, -0.2) is 0 Å². The van der Waals surface area contributed by atoms with Crippen molar-refractivity contribution >= 4 is 28.3 Å². The van der Waals surface area contributed by atoms with Crippen LogP contribution in [0.4, 0.5) is 13.2 Å². The van der Waals surface area contributed by atoms with Crippen LogP contribution in [0.2, 0.25) is 5.02 Å². The highest BCUT2D eigenvalue weighted by molar-refractivity contribution is 6.32. The van der Waals surface area contributed by atoms with Crippen molar-refractivity contribution in [3.05, 3.63) is 65.2 Å². The normalized spacial score (nSPS) is 12.6. The third-order valence-electron chi connectivity index (χ3n) is 3.91. The van der Waals surface area contributed by atoms with Crippen LogP contribution in [0.3, 0.4) is 0 Å². The molecule has 3 rings (SSSR count). The summed E-state index contributed by atoms with van der Waals surface area (Å²) in [4.78, 5) is 10.8. The molecule has 0 aromatic heterocycles. The molecule has 0 saturated heterocycles. The molecule has 3 aromatic rings. The number of hydrogen-bond acceptors (Lipinski definition) is 4. The summed E-state index contributed by atoms with van der Waals surface area (Å²) in [5, 5.41) is 12.1. The second-order valence-electron chi connectivity index (χ2n) is 5.99. The van der Waals surface area contributed by atoms with Crippen LogP contribution in [0.15, 0.2) is 54.6 Å². The minimum absolute atomic E-state index is 0.0942. The van der Waals surface area contributed by atoms with Crippen LogP contribution in [0, 0.1) is 0 Å². The van der Waals surface area contributed by atoms with Gasteiger partial charge in [0.05, 0.1) is 16.6 Å². The Morgan fingerprint density at radius 2 is 1.61 bits per heavy atom. The lowest BCUT2D eigenvalue weighted by Crippen LogP contribution is -2.37. The van der Waals surface area contributed by atoms with Gasteiger partial charge >= 0.3 is 6.18 Å². The fourth-order valence-corrected chi connectivity index (χ4v) is 2.70. The van der Waals surface area contributed by atoms with Gasteiger partial charge in [-0.05, 0) is 60.2 Å².